The van der Waals surface area contributed by atoms with Gasteiger partial charge in [-0.25, -0.2) is 20.4 Å². The number of carbonyl (C=O) groups excluding carboxylic acids is 2. The molecule has 0 radical (unpaired) electrons. The van der Waals surface area contributed by atoms with E-state index in [1.807, 2.05) is 17.5 Å². The van der Waals surface area contributed by atoms with Crippen molar-refractivity contribution in [3.05, 3.63) is 33.7 Å². The van der Waals surface area contributed by atoms with Gasteiger partial charge >= 0.3 is 11.9 Å². The predicted molar refractivity (Wildman–Crippen MR) is 119 cm³/mol. The number of carbonyl (C=O) groups is 4. The van der Waals surface area contributed by atoms with Crippen LogP contribution in [0, 0.1) is 0 Å². The number of thiophene rings is 1. The Balaban J connectivity index is 1.46. The van der Waals surface area contributed by atoms with E-state index in [4.69, 9.17) is 0 Å². The first kappa shape index (κ1) is 23.1. The third-order valence-electron chi connectivity index (χ3n) is 5.34. The standard InChI is InChI=1S/C18H21N5O6S3/c1-22-8-19-21-18(22,17(28)29)32-7-9-6-31-15-12(14(25)23(15)13(9)16(26)27)20-11(24)5-10-3-2-4-30-10/h2-4,12,15,19,21H,5-8H2,1H3,(H,20,24)(H,26,27)(H,28,29)/t12?,15-,18?/m1/s1. The number of carboxylic acids is 2. The van der Waals surface area contributed by atoms with Gasteiger partial charge in [-0.1, -0.05) is 6.07 Å². The van der Waals surface area contributed by atoms with E-state index in [0.717, 1.165) is 16.6 Å². The van der Waals surface area contributed by atoms with Crippen LogP contribution in [-0.2, 0) is 25.6 Å². The lowest BCUT2D eigenvalue weighted by atomic mass is 10.0. The Labute approximate surface area is 195 Å². The van der Waals surface area contributed by atoms with Crippen LogP contribution in [-0.4, -0.2) is 85.4 Å². The fourth-order valence-electron chi connectivity index (χ4n) is 3.69. The van der Waals surface area contributed by atoms with E-state index in [0.29, 0.717) is 18.0 Å². The molecule has 32 heavy (non-hydrogen) atoms. The van der Waals surface area contributed by atoms with E-state index in [9.17, 15) is 29.4 Å². The molecule has 3 atom stereocenters. The monoisotopic (exact) mass is 499 g/mol. The Morgan fingerprint density at radius 3 is 2.75 bits per heavy atom. The van der Waals surface area contributed by atoms with Crippen LogP contribution in [0.4, 0.5) is 0 Å². The van der Waals surface area contributed by atoms with E-state index in [1.54, 1.807) is 11.9 Å². The number of nitrogens with one attached hydrogen (secondary N) is 3. The summed E-state index contributed by atoms with van der Waals surface area (Å²) in [6, 6.07) is 2.89. The zero-order valence-electron chi connectivity index (χ0n) is 16.9. The van der Waals surface area contributed by atoms with Gasteiger partial charge in [-0.05, 0) is 24.1 Å². The van der Waals surface area contributed by atoms with Gasteiger partial charge < -0.3 is 15.5 Å². The largest absolute Gasteiger partial charge is 0.478 e. The second-order valence-corrected chi connectivity index (χ2v) is 10.7. The Bertz CT molecular complexity index is 986. The summed E-state index contributed by atoms with van der Waals surface area (Å²) in [5.41, 5.74) is 5.83. The predicted octanol–water partition coefficient (Wildman–Crippen LogP) is -0.502. The molecule has 2 unspecified atom stereocenters. The summed E-state index contributed by atoms with van der Waals surface area (Å²) in [4.78, 5) is 51.1. The van der Waals surface area contributed by atoms with E-state index in [1.165, 1.54) is 28.0 Å². The van der Waals surface area contributed by atoms with Crippen LogP contribution in [0.5, 0.6) is 0 Å². The first-order valence-corrected chi connectivity index (χ1v) is 12.5. The quantitative estimate of drug-likeness (QED) is 0.294. The molecule has 2 fully saturated rings. The highest BCUT2D eigenvalue weighted by Crippen LogP contribution is 2.42. The first-order valence-electron chi connectivity index (χ1n) is 9.55. The van der Waals surface area contributed by atoms with Crippen molar-refractivity contribution in [3.8, 4) is 0 Å². The molecule has 3 aliphatic heterocycles. The number of hydrazine groups is 1. The van der Waals surface area contributed by atoms with Crippen LogP contribution in [0.1, 0.15) is 4.88 Å². The number of rotatable bonds is 8. The van der Waals surface area contributed by atoms with Crippen molar-refractivity contribution in [3.63, 3.8) is 0 Å². The topological polar surface area (TPSA) is 151 Å². The fourth-order valence-corrected chi connectivity index (χ4v) is 7.04. The molecule has 1 aromatic heterocycles. The van der Waals surface area contributed by atoms with Crippen molar-refractivity contribution in [2.75, 3.05) is 25.2 Å². The average molecular weight is 500 g/mol. The van der Waals surface area contributed by atoms with Gasteiger partial charge in [-0.3, -0.25) is 19.4 Å². The van der Waals surface area contributed by atoms with Crippen molar-refractivity contribution < 1.29 is 29.4 Å². The maximum atomic E-state index is 12.7. The minimum atomic E-state index is -1.45. The van der Waals surface area contributed by atoms with Crippen LogP contribution in [0.25, 0.3) is 0 Å². The molecular weight excluding hydrogens is 478 g/mol. The van der Waals surface area contributed by atoms with Crippen LogP contribution in [0.2, 0.25) is 0 Å². The normalized spacial score (nSPS) is 27.8. The molecule has 2 amide bonds. The minimum Gasteiger partial charge on any atom is -0.478 e. The molecule has 11 nitrogen and oxygen atoms in total. The molecule has 1 aromatic rings. The van der Waals surface area contributed by atoms with E-state index < -0.39 is 34.3 Å². The Morgan fingerprint density at radius 2 is 2.16 bits per heavy atom. The molecule has 0 bridgehead atoms. The zero-order valence-corrected chi connectivity index (χ0v) is 19.3. The number of aliphatic carboxylic acids is 2. The van der Waals surface area contributed by atoms with Crippen molar-refractivity contribution in [2.24, 2.45) is 0 Å². The maximum absolute atomic E-state index is 12.7. The zero-order chi connectivity index (χ0) is 23.0. The number of hydrogen-bond donors (Lipinski definition) is 5. The summed E-state index contributed by atoms with van der Waals surface area (Å²) in [6.07, 6.45) is 0.161. The van der Waals surface area contributed by atoms with Gasteiger partial charge in [-0.2, -0.15) is 0 Å². The highest BCUT2D eigenvalue weighted by molar-refractivity contribution is 8.02. The Morgan fingerprint density at radius 1 is 1.38 bits per heavy atom. The summed E-state index contributed by atoms with van der Waals surface area (Å²) < 4.78 is 0. The van der Waals surface area contributed by atoms with Crippen LogP contribution >= 0.6 is 34.9 Å². The number of carboxylic acid groups (broad SMARTS) is 2. The van der Waals surface area contributed by atoms with Crippen LogP contribution in [0.15, 0.2) is 28.8 Å². The summed E-state index contributed by atoms with van der Waals surface area (Å²) >= 11 is 3.83. The van der Waals surface area contributed by atoms with Gasteiger partial charge in [0.1, 0.15) is 17.1 Å². The van der Waals surface area contributed by atoms with Gasteiger partial charge in [0.05, 0.1) is 13.1 Å². The molecule has 0 aliphatic carbocycles. The second kappa shape index (κ2) is 9.03. The smallest absolute Gasteiger partial charge is 0.352 e. The number of hydrogen-bond acceptors (Lipinski definition) is 10. The van der Waals surface area contributed by atoms with Crippen molar-refractivity contribution >= 4 is 58.6 Å². The van der Waals surface area contributed by atoms with Gasteiger partial charge in [0.2, 0.25) is 10.9 Å². The van der Waals surface area contributed by atoms with Crippen LogP contribution in [0.3, 0.4) is 0 Å². The molecular formula is C18H21N5O6S3. The third-order valence-corrected chi connectivity index (χ3v) is 9.05. The van der Waals surface area contributed by atoms with Crippen molar-refractivity contribution in [1.82, 2.24) is 26.0 Å². The summed E-state index contributed by atoms with van der Waals surface area (Å²) in [6.45, 7) is 0.304. The molecule has 14 heteroatoms. The number of β-lactam (4-membered cyclic amide) rings is 1. The fraction of sp³-hybridized carbons (Fsp3) is 0.444. The molecule has 2 saturated heterocycles. The lowest BCUT2D eigenvalue weighted by Crippen LogP contribution is -2.70. The highest BCUT2D eigenvalue weighted by atomic mass is 32.2. The van der Waals surface area contributed by atoms with Gasteiger partial charge in [-0.15, -0.1) is 34.9 Å². The number of amides is 2. The molecule has 4 rings (SSSR count). The lowest BCUT2D eigenvalue weighted by Gasteiger charge is -2.49. The Kier molecular flexibility index (Phi) is 6.51. The van der Waals surface area contributed by atoms with Crippen molar-refractivity contribution in [1.29, 1.82) is 0 Å². The number of nitrogens with zero attached hydrogens (tertiary/aromatic N) is 2. The third kappa shape index (κ3) is 4.02. The summed E-state index contributed by atoms with van der Waals surface area (Å²) in [7, 11) is 1.63. The SMILES string of the molecule is CN1CNNC1(SCC1=C(C(=O)O)N2C(=O)C(NC(=O)Cc3cccs3)[C@H]2SC1)C(=O)O. The van der Waals surface area contributed by atoms with E-state index in [2.05, 4.69) is 16.2 Å². The molecule has 0 aromatic carbocycles. The first-order chi connectivity index (χ1) is 15.2. The second-order valence-electron chi connectivity index (χ2n) is 7.36. The van der Waals surface area contributed by atoms with Gasteiger partial charge in [0.15, 0.2) is 0 Å². The average Bonchev–Trinajstić information content (AvgIpc) is 3.39. The molecule has 172 valence electrons. The maximum Gasteiger partial charge on any atom is 0.352 e. The summed E-state index contributed by atoms with van der Waals surface area (Å²) in [5, 5.41) is 23.6. The molecule has 0 saturated carbocycles. The number of thioether (sulfide) groups is 2. The van der Waals surface area contributed by atoms with Gasteiger partial charge in [0, 0.05) is 16.4 Å². The minimum absolute atomic E-state index is 0.103. The Hall–Kier alpha value is -2.10. The lowest BCUT2D eigenvalue weighted by molar-refractivity contribution is -0.150. The van der Waals surface area contributed by atoms with E-state index in [-0.39, 0.29) is 23.8 Å². The van der Waals surface area contributed by atoms with E-state index >= 15 is 0 Å². The highest BCUT2D eigenvalue weighted by Gasteiger charge is 2.54. The van der Waals surface area contributed by atoms with Crippen LogP contribution < -0.4 is 16.2 Å². The molecule has 4 heterocycles. The molecule has 0 spiro atoms. The number of likely N-dealkylation sites (N-methyl/N-ethyl adjacent to an activating group) is 1. The van der Waals surface area contributed by atoms with Gasteiger partial charge in [0.25, 0.3) is 5.91 Å². The molecule has 5 N–H and O–H groups in total. The summed E-state index contributed by atoms with van der Waals surface area (Å²) in [5.74, 6) is -2.72. The number of fused-ring (bicyclic) bond motifs is 1. The molecule has 3 aliphatic rings. The van der Waals surface area contributed by atoms with Crippen molar-refractivity contribution in [2.45, 2.75) is 22.8 Å².